The maximum absolute atomic E-state index is 6.10. The lowest BCUT2D eigenvalue weighted by atomic mass is 9.96. The smallest absolute Gasteiger partial charge is 0.0507 e. The molecule has 2 N–H and O–H groups in total. The molecule has 0 radical (unpaired) electrons. The second-order valence-corrected chi connectivity index (χ2v) is 6.32. The number of rotatable bonds is 4. The minimum atomic E-state index is 0.0610. The van der Waals surface area contributed by atoms with Gasteiger partial charge in [0.1, 0.15) is 0 Å². The summed E-state index contributed by atoms with van der Waals surface area (Å²) in [5.41, 5.74) is 8.59. The first-order valence-corrected chi connectivity index (χ1v) is 7.70. The summed E-state index contributed by atoms with van der Waals surface area (Å²) in [4.78, 5) is 2.46. The Balaban J connectivity index is 2.22. The van der Waals surface area contributed by atoms with Gasteiger partial charge in [-0.05, 0) is 43.4 Å². The summed E-state index contributed by atoms with van der Waals surface area (Å²) in [6.45, 7) is 5.06. The molecule has 1 saturated heterocycles. The molecule has 0 spiro atoms. The molecule has 1 aromatic rings. The highest BCUT2D eigenvalue weighted by Gasteiger charge is 2.22. The number of piperidine rings is 1. The van der Waals surface area contributed by atoms with Crippen LogP contribution in [-0.2, 0) is 4.74 Å². The van der Waals surface area contributed by atoms with Gasteiger partial charge in [-0.25, -0.2) is 0 Å². The van der Waals surface area contributed by atoms with Gasteiger partial charge in [-0.15, -0.1) is 0 Å². The molecule has 3 nitrogen and oxygen atoms in total. The third-order valence-electron chi connectivity index (χ3n) is 3.75. The van der Waals surface area contributed by atoms with Gasteiger partial charge in [0.05, 0.1) is 6.61 Å². The standard InChI is InChI=1S/C15H23BrN2O/c1-11(17)14-6-5-13(16)8-15(14)18-7-3-4-12(9-18)10-19-2/h5-6,8,11-12H,3-4,7,9-10,17H2,1-2H3. The number of anilines is 1. The van der Waals surface area contributed by atoms with Crippen molar-refractivity contribution < 1.29 is 4.74 Å². The third kappa shape index (κ3) is 3.71. The number of halogens is 1. The summed E-state index contributed by atoms with van der Waals surface area (Å²) in [5, 5.41) is 0. The first kappa shape index (κ1) is 14.8. The van der Waals surface area contributed by atoms with Crippen LogP contribution in [0.25, 0.3) is 0 Å². The highest BCUT2D eigenvalue weighted by molar-refractivity contribution is 9.10. The average Bonchev–Trinajstić information content (AvgIpc) is 2.39. The molecule has 1 aromatic carbocycles. The molecule has 0 aliphatic carbocycles. The van der Waals surface area contributed by atoms with Crippen molar-refractivity contribution in [2.75, 3.05) is 31.7 Å². The van der Waals surface area contributed by atoms with Crippen molar-refractivity contribution in [2.45, 2.75) is 25.8 Å². The van der Waals surface area contributed by atoms with E-state index in [1.54, 1.807) is 7.11 Å². The van der Waals surface area contributed by atoms with E-state index in [-0.39, 0.29) is 6.04 Å². The van der Waals surface area contributed by atoms with Crippen LogP contribution in [0, 0.1) is 5.92 Å². The summed E-state index contributed by atoms with van der Waals surface area (Å²) >= 11 is 3.57. The summed E-state index contributed by atoms with van der Waals surface area (Å²) in [5.74, 6) is 0.624. The number of nitrogens with two attached hydrogens (primary N) is 1. The van der Waals surface area contributed by atoms with Gasteiger partial charge in [0.2, 0.25) is 0 Å². The van der Waals surface area contributed by atoms with Gasteiger partial charge in [0, 0.05) is 36.4 Å². The molecule has 0 aromatic heterocycles. The maximum atomic E-state index is 6.10. The Kier molecular flexibility index (Phi) is 5.25. The van der Waals surface area contributed by atoms with Crippen molar-refractivity contribution in [1.82, 2.24) is 0 Å². The molecule has 1 aliphatic heterocycles. The van der Waals surface area contributed by atoms with Crippen LogP contribution in [0.4, 0.5) is 5.69 Å². The van der Waals surface area contributed by atoms with Crippen molar-refractivity contribution in [3.63, 3.8) is 0 Å². The van der Waals surface area contributed by atoms with Crippen molar-refractivity contribution in [3.8, 4) is 0 Å². The first-order valence-electron chi connectivity index (χ1n) is 6.90. The third-order valence-corrected chi connectivity index (χ3v) is 4.24. The van der Waals surface area contributed by atoms with Gasteiger partial charge < -0.3 is 15.4 Å². The van der Waals surface area contributed by atoms with E-state index in [9.17, 15) is 0 Å². The Morgan fingerprint density at radius 1 is 1.53 bits per heavy atom. The summed E-state index contributed by atoms with van der Waals surface area (Å²) in [6, 6.07) is 6.45. The lowest BCUT2D eigenvalue weighted by Gasteiger charge is -2.36. The predicted octanol–water partition coefficient (Wildman–Crippen LogP) is 3.33. The van der Waals surface area contributed by atoms with Crippen LogP contribution in [0.15, 0.2) is 22.7 Å². The number of benzene rings is 1. The Morgan fingerprint density at radius 2 is 2.32 bits per heavy atom. The molecule has 1 fully saturated rings. The van der Waals surface area contributed by atoms with E-state index < -0.39 is 0 Å². The molecular weight excluding hydrogens is 304 g/mol. The zero-order valence-corrected chi connectivity index (χ0v) is 13.3. The Morgan fingerprint density at radius 3 is 3.00 bits per heavy atom. The predicted molar refractivity (Wildman–Crippen MR) is 83.6 cm³/mol. The van der Waals surface area contributed by atoms with Crippen LogP contribution in [0.2, 0.25) is 0 Å². The molecule has 2 rings (SSSR count). The largest absolute Gasteiger partial charge is 0.384 e. The van der Waals surface area contributed by atoms with Crippen LogP contribution < -0.4 is 10.6 Å². The van der Waals surface area contributed by atoms with Crippen molar-refractivity contribution >= 4 is 21.6 Å². The SMILES string of the molecule is COCC1CCCN(c2cc(Br)ccc2C(C)N)C1. The highest BCUT2D eigenvalue weighted by Crippen LogP contribution is 2.32. The summed E-state index contributed by atoms with van der Waals surface area (Å²) in [6.07, 6.45) is 2.48. The zero-order valence-electron chi connectivity index (χ0n) is 11.7. The van der Waals surface area contributed by atoms with E-state index in [0.29, 0.717) is 5.92 Å². The van der Waals surface area contributed by atoms with Gasteiger partial charge in [0.25, 0.3) is 0 Å². The van der Waals surface area contributed by atoms with E-state index in [1.165, 1.54) is 24.1 Å². The van der Waals surface area contributed by atoms with Gasteiger partial charge in [-0.2, -0.15) is 0 Å². The first-order chi connectivity index (χ1) is 9.11. The van der Waals surface area contributed by atoms with E-state index in [2.05, 4.69) is 39.0 Å². The Bertz CT molecular complexity index is 421. The minimum absolute atomic E-state index is 0.0610. The normalized spacial score (nSPS) is 21.5. The zero-order chi connectivity index (χ0) is 13.8. The second kappa shape index (κ2) is 6.73. The van der Waals surface area contributed by atoms with Gasteiger partial charge in [0.15, 0.2) is 0 Å². The van der Waals surface area contributed by atoms with Crippen molar-refractivity contribution in [1.29, 1.82) is 0 Å². The highest BCUT2D eigenvalue weighted by atomic mass is 79.9. The van der Waals surface area contributed by atoms with Gasteiger partial charge in [-0.3, -0.25) is 0 Å². The number of hydrogen-bond donors (Lipinski definition) is 1. The van der Waals surface area contributed by atoms with E-state index in [4.69, 9.17) is 10.5 Å². The fraction of sp³-hybridized carbons (Fsp3) is 0.600. The van der Waals surface area contributed by atoms with Crippen LogP contribution >= 0.6 is 15.9 Å². The summed E-state index contributed by atoms with van der Waals surface area (Å²) in [7, 11) is 1.78. The van der Waals surface area contributed by atoms with Crippen LogP contribution in [0.5, 0.6) is 0 Å². The quantitative estimate of drug-likeness (QED) is 0.922. The molecule has 2 atom stereocenters. The van der Waals surface area contributed by atoms with E-state index in [0.717, 1.165) is 24.2 Å². The Labute approximate surface area is 124 Å². The molecule has 106 valence electrons. The van der Waals surface area contributed by atoms with Gasteiger partial charge >= 0.3 is 0 Å². The fourth-order valence-electron chi connectivity index (χ4n) is 2.83. The van der Waals surface area contributed by atoms with Crippen LogP contribution in [-0.4, -0.2) is 26.8 Å². The summed E-state index contributed by atoms with van der Waals surface area (Å²) < 4.78 is 6.42. The molecular formula is C15H23BrN2O. The molecule has 19 heavy (non-hydrogen) atoms. The topological polar surface area (TPSA) is 38.5 Å². The maximum Gasteiger partial charge on any atom is 0.0507 e. The van der Waals surface area contributed by atoms with Crippen LogP contribution in [0.1, 0.15) is 31.4 Å². The number of methoxy groups -OCH3 is 1. The van der Waals surface area contributed by atoms with E-state index >= 15 is 0 Å². The average molecular weight is 327 g/mol. The lowest BCUT2D eigenvalue weighted by Crippen LogP contribution is -2.38. The van der Waals surface area contributed by atoms with Crippen LogP contribution in [0.3, 0.4) is 0 Å². The monoisotopic (exact) mass is 326 g/mol. The Hall–Kier alpha value is -0.580. The molecule has 0 amide bonds. The van der Waals surface area contributed by atoms with Crippen molar-refractivity contribution in [2.24, 2.45) is 11.7 Å². The number of ether oxygens (including phenoxy) is 1. The molecule has 1 heterocycles. The number of nitrogens with zero attached hydrogens (tertiary/aromatic N) is 1. The molecule has 0 bridgehead atoms. The lowest BCUT2D eigenvalue weighted by molar-refractivity contribution is 0.143. The van der Waals surface area contributed by atoms with Gasteiger partial charge in [-0.1, -0.05) is 22.0 Å². The molecule has 2 unspecified atom stereocenters. The fourth-order valence-corrected chi connectivity index (χ4v) is 3.18. The molecule has 1 aliphatic rings. The minimum Gasteiger partial charge on any atom is -0.384 e. The molecule has 0 saturated carbocycles. The van der Waals surface area contributed by atoms with E-state index in [1.807, 2.05) is 6.92 Å². The number of hydrogen-bond acceptors (Lipinski definition) is 3. The molecule has 4 heteroatoms. The second-order valence-electron chi connectivity index (χ2n) is 5.40. The van der Waals surface area contributed by atoms with Crippen molar-refractivity contribution in [3.05, 3.63) is 28.2 Å².